The van der Waals surface area contributed by atoms with Crippen LogP contribution in [0.25, 0.3) is 22.2 Å². The van der Waals surface area contributed by atoms with Crippen LogP contribution in [0.3, 0.4) is 0 Å². The van der Waals surface area contributed by atoms with E-state index in [9.17, 15) is 4.79 Å². The number of nitrogens with zero attached hydrogens (tertiary/aromatic N) is 1. The molecule has 8 heteroatoms. The molecule has 154 valence electrons. The summed E-state index contributed by atoms with van der Waals surface area (Å²) in [5.74, 6) is 1.80. The minimum absolute atomic E-state index is 0.396. The summed E-state index contributed by atoms with van der Waals surface area (Å²) in [4.78, 5) is 17.1. The van der Waals surface area contributed by atoms with Crippen LogP contribution < -0.4 is 25.2 Å². The van der Waals surface area contributed by atoms with Gasteiger partial charge in [-0.05, 0) is 31.2 Å². The first-order chi connectivity index (χ1) is 14.6. The molecule has 0 saturated heterocycles. The fourth-order valence-electron chi connectivity index (χ4n) is 3.06. The van der Waals surface area contributed by atoms with Gasteiger partial charge in [0.15, 0.2) is 28.0 Å². The van der Waals surface area contributed by atoms with Gasteiger partial charge in [-0.15, -0.1) is 11.3 Å². The second-order valence-corrected chi connectivity index (χ2v) is 7.15. The molecule has 2 heterocycles. The summed E-state index contributed by atoms with van der Waals surface area (Å²) < 4.78 is 21.7. The molecular formula is C22H20N2O5S. The summed E-state index contributed by atoms with van der Waals surface area (Å²) in [5, 5.41) is 6.45. The number of benzene rings is 2. The van der Waals surface area contributed by atoms with Gasteiger partial charge in [0.2, 0.25) is 0 Å². The summed E-state index contributed by atoms with van der Waals surface area (Å²) in [6.45, 7) is 2.37. The van der Waals surface area contributed by atoms with Gasteiger partial charge >= 0.3 is 5.63 Å². The van der Waals surface area contributed by atoms with E-state index in [1.165, 1.54) is 11.3 Å². The Balaban J connectivity index is 1.65. The van der Waals surface area contributed by atoms with Crippen LogP contribution in [0.2, 0.25) is 0 Å². The average Bonchev–Trinajstić information content (AvgIpc) is 3.22. The second kappa shape index (κ2) is 8.46. The highest BCUT2D eigenvalue weighted by Crippen LogP contribution is 2.33. The van der Waals surface area contributed by atoms with Crippen molar-refractivity contribution >= 4 is 33.1 Å². The standard InChI is InChI=1S/C22H20N2O5S/c1-4-28-18-7-5-6-13-10-15(21(25)29-20(13)18)16-12-30-22(24-16)23-14-8-9-17(26-2)19(11-14)27-3/h5-12H,4H2,1-3H3,(H,23,24). The smallest absolute Gasteiger partial charge is 0.345 e. The van der Waals surface area contributed by atoms with Crippen LogP contribution in [0.1, 0.15) is 6.92 Å². The highest BCUT2D eigenvalue weighted by molar-refractivity contribution is 7.14. The van der Waals surface area contributed by atoms with Crippen molar-refractivity contribution in [3.8, 4) is 28.5 Å². The normalized spacial score (nSPS) is 10.8. The maximum Gasteiger partial charge on any atom is 0.345 e. The van der Waals surface area contributed by atoms with Crippen molar-refractivity contribution in [2.24, 2.45) is 0 Å². The number of fused-ring (bicyclic) bond motifs is 1. The fraction of sp³-hybridized carbons (Fsp3) is 0.182. The molecule has 0 radical (unpaired) electrons. The lowest BCUT2D eigenvalue weighted by molar-refractivity contribution is 0.337. The molecule has 0 saturated carbocycles. The minimum Gasteiger partial charge on any atom is -0.493 e. The third-order valence-corrected chi connectivity index (χ3v) is 5.20. The lowest BCUT2D eigenvalue weighted by Crippen LogP contribution is -2.04. The SMILES string of the molecule is CCOc1cccc2cc(-c3csc(Nc4ccc(OC)c(OC)c4)n3)c(=O)oc12. The molecular weight excluding hydrogens is 404 g/mol. The predicted molar refractivity (Wildman–Crippen MR) is 118 cm³/mol. The van der Waals surface area contributed by atoms with Crippen molar-refractivity contribution in [1.29, 1.82) is 0 Å². The van der Waals surface area contributed by atoms with E-state index in [0.717, 1.165) is 11.1 Å². The third-order valence-electron chi connectivity index (χ3n) is 4.44. The molecule has 30 heavy (non-hydrogen) atoms. The maximum atomic E-state index is 12.6. The van der Waals surface area contributed by atoms with E-state index in [2.05, 4.69) is 10.3 Å². The van der Waals surface area contributed by atoms with Crippen LogP contribution in [0.4, 0.5) is 10.8 Å². The van der Waals surface area contributed by atoms with Gasteiger partial charge in [0.25, 0.3) is 0 Å². The van der Waals surface area contributed by atoms with Crippen LogP contribution >= 0.6 is 11.3 Å². The molecule has 0 aliphatic carbocycles. The van der Waals surface area contributed by atoms with Gasteiger partial charge in [0.05, 0.1) is 32.1 Å². The van der Waals surface area contributed by atoms with Crippen molar-refractivity contribution in [1.82, 2.24) is 4.98 Å². The lowest BCUT2D eigenvalue weighted by atomic mass is 10.1. The topological polar surface area (TPSA) is 82.8 Å². The Hall–Kier alpha value is -3.52. The van der Waals surface area contributed by atoms with Gasteiger partial charge in [0.1, 0.15) is 0 Å². The van der Waals surface area contributed by atoms with Gasteiger partial charge in [-0.3, -0.25) is 0 Å². The molecule has 7 nitrogen and oxygen atoms in total. The number of hydrogen-bond acceptors (Lipinski definition) is 8. The molecule has 0 amide bonds. The molecule has 0 aliphatic rings. The molecule has 0 aliphatic heterocycles. The number of rotatable bonds is 7. The third kappa shape index (κ3) is 3.81. The van der Waals surface area contributed by atoms with Crippen LogP contribution in [0, 0.1) is 0 Å². The zero-order valence-electron chi connectivity index (χ0n) is 16.7. The van der Waals surface area contributed by atoms with Crippen LogP contribution in [0.15, 0.2) is 57.1 Å². The summed E-state index contributed by atoms with van der Waals surface area (Å²) in [5.41, 5.74) is 1.71. The van der Waals surface area contributed by atoms with Crippen molar-refractivity contribution in [3.63, 3.8) is 0 Å². The van der Waals surface area contributed by atoms with E-state index in [1.54, 1.807) is 26.4 Å². The van der Waals surface area contributed by atoms with E-state index in [4.69, 9.17) is 18.6 Å². The Labute approximate surface area is 176 Å². The molecule has 0 unspecified atom stereocenters. The van der Waals surface area contributed by atoms with Gasteiger partial charge in [-0.1, -0.05) is 12.1 Å². The molecule has 2 aromatic carbocycles. The van der Waals surface area contributed by atoms with Crippen LogP contribution in [-0.2, 0) is 0 Å². The van der Waals surface area contributed by atoms with Crippen molar-refractivity contribution in [2.45, 2.75) is 6.92 Å². The Morgan fingerprint density at radius 3 is 2.67 bits per heavy atom. The zero-order chi connectivity index (χ0) is 21.1. The quantitative estimate of drug-likeness (QED) is 0.414. The summed E-state index contributed by atoms with van der Waals surface area (Å²) >= 11 is 1.39. The van der Waals surface area contributed by atoms with E-state index >= 15 is 0 Å². The van der Waals surface area contributed by atoms with Crippen molar-refractivity contribution < 1.29 is 18.6 Å². The lowest BCUT2D eigenvalue weighted by Gasteiger charge is -2.09. The highest BCUT2D eigenvalue weighted by atomic mass is 32.1. The van der Waals surface area contributed by atoms with E-state index in [0.29, 0.717) is 45.8 Å². The first kappa shape index (κ1) is 19.8. The first-order valence-corrected chi connectivity index (χ1v) is 10.2. The monoisotopic (exact) mass is 424 g/mol. The highest BCUT2D eigenvalue weighted by Gasteiger charge is 2.14. The largest absolute Gasteiger partial charge is 0.493 e. The van der Waals surface area contributed by atoms with Crippen LogP contribution in [0.5, 0.6) is 17.2 Å². The zero-order valence-corrected chi connectivity index (χ0v) is 17.5. The minimum atomic E-state index is -0.461. The molecule has 1 N–H and O–H groups in total. The molecule has 4 aromatic rings. The Morgan fingerprint density at radius 1 is 1.07 bits per heavy atom. The number of nitrogens with one attached hydrogen (secondary N) is 1. The number of ether oxygens (including phenoxy) is 3. The Morgan fingerprint density at radius 2 is 1.90 bits per heavy atom. The number of thiazole rings is 1. The number of anilines is 2. The van der Waals surface area contributed by atoms with Gasteiger partial charge in [-0.25, -0.2) is 9.78 Å². The van der Waals surface area contributed by atoms with Gasteiger partial charge in [-0.2, -0.15) is 0 Å². The number of para-hydroxylation sites is 1. The number of methoxy groups -OCH3 is 2. The fourth-order valence-corrected chi connectivity index (χ4v) is 3.79. The molecule has 0 bridgehead atoms. The first-order valence-electron chi connectivity index (χ1n) is 9.27. The molecule has 4 rings (SSSR count). The summed E-state index contributed by atoms with van der Waals surface area (Å²) in [6, 6.07) is 12.8. The number of aromatic nitrogens is 1. The van der Waals surface area contributed by atoms with Crippen molar-refractivity contribution in [3.05, 3.63) is 58.3 Å². The summed E-state index contributed by atoms with van der Waals surface area (Å²) in [7, 11) is 3.17. The maximum absolute atomic E-state index is 12.6. The second-order valence-electron chi connectivity index (χ2n) is 6.29. The summed E-state index contributed by atoms with van der Waals surface area (Å²) in [6.07, 6.45) is 0. The average molecular weight is 424 g/mol. The van der Waals surface area contributed by atoms with E-state index < -0.39 is 5.63 Å². The van der Waals surface area contributed by atoms with Gasteiger partial charge in [0, 0.05) is 22.5 Å². The van der Waals surface area contributed by atoms with E-state index in [-0.39, 0.29) is 0 Å². The molecule has 0 atom stereocenters. The Bertz CT molecular complexity index is 1250. The van der Waals surface area contributed by atoms with Crippen LogP contribution in [-0.4, -0.2) is 25.8 Å². The molecule has 0 spiro atoms. The van der Waals surface area contributed by atoms with Crippen molar-refractivity contribution in [2.75, 3.05) is 26.1 Å². The Kier molecular flexibility index (Phi) is 5.58. The predicted octanol–water partition coefficient (Wildman–Crippen LogP) is 5.08. The number of hydrogen-bond donors (Lipinski definition) is 1. The molecule has 2 aromatic heterocycles. The van der Waals surface area contributed by atoms with E-state index in [1.807, 2.05) is 42.6 Å². The van der Waals surface area contributed by atoms with Gasteiger partial charge < -0.3 is 23.9 Å². The molecule has 0 fully saturated rings.